The van der Waals surface area contributed by atoms with Gasteiger partial charge in [-0.05, 0) is 29.2 Å². The maximum absolute atomic E-state index is 11.9. The van der Waals surface area contributed by atoms with Crippen LogP contribution >= 0.6 is 0 Å². The molecule has 0 saturated heterocycles. The fourth-order valence-electron chi connectivity index (χ4n) is 5.29. The molecule has 0 heterocycles. The van der Waals surface area contributed by atoms with E-state index in [1.165, 1.54) is 0 Å². The van der Waals surface area contributed by atoms with Crippen molar-refractivity contribution in [3.05, 3.63) is 156 Å². The van der Waals surface area contributed by atoms with Crippen molar-refractivity contribution >= 4 is 0 Å². The molecule has 1 aliphatic rings. The highest BCUT2D eigenvalue weighted by atomic mass is 16.6. The molecule has 0 amide bonds. The first-order valence-corrected chi connectivity index (χ1v) is 14.8. The van der Waals surface area contributed by atoms with Gasteiger partial charge in [0.15, 0.2) is 6.10 Å². The third-order valence-electron chi connectivity index (χ3n) is 7.48. The Hall–Kier alpha value is -3.78. The highest BCUT2D eigenvalue weighted by Crippen LogP contribution is 2.34. The summed E-state index contributed by atoms with van der Waals surface area (Å²) in [6.45, 7) is 3.14. The van der Waals surface area contributed by atoms with Gasteiger partial charge in [-0.15, -0.1) is 0 Å². The fourth-order valence-corrected chi connectivity index (χ4v) is 5.29. The lowest BCUT2D eigenvalue weighted by Crippen LogP contribution is -2.66. The summed E-state index contributed by atoms with van der Waals surface area (Å²) in [5.41, 5.74) is 4.03. The molecular weight excluding hydrogens is 540 g/mol. The van der Waals surface area contributed by atoms with Crippen molar-refractivity contribution in [2.45, 2.75) is 70.0 Å². The molecule has 0 aliphatic heterocycles. The van der Waals surface area contributed by atoms with Crippen molar-refractivity contribution in [1.82, 2.24) is 0 Å². The van der Waals surface area contributed by atoms with E-state index in [1.807, 2.05) is 128 Å². The van der Waals surface area contributed by atoms with Gasteiger partial charge >= 0.3 is 0 Å². The molecule has 4 aromatic carbocycles. The Morgan fingerprint density at radius 2 is 0.767 bits per heavy atom. The molecular formula is C37H40O6. The number of benzene rings is 4. The van der Waals surface area contributed by atoms with Crippen molar-refractivity contribution in [2.24, 2.45) is 0 Å². The monoisotopic (exact) mass is 580 g/mol. The molecule has 6 atom stereocenters. The van der Waals surface area contributed by atoms with Crippen LogP contribution in [0.5, 0.6) is 0 Å². The first-order valence-electron chi connectivity index (χ1n) is 14.8. The smallest absolute Gasteiger partial charge is 0.155 e. The molecule has 0 bridgehead atoms. The molecule has 1 N–H and O–H groups in total. The minimum atomic E-state index is -1.06. The van der Waals surface area contributed by atoms with E-state index in [9.17, 15) is 5.11 Å². The topological polar surface area (TPSA) is 66.4 Å². The normalized spacial score (nSPS) is 23.8. The van der Waals surface area contributed by atoms with E-state index < -0.39 is 36.6 Å². The number of rotatable bonds is 14. The summed E-state index contributed by atoms with van der Waals surface area (Å²) in [6.07, 6.45) is -1.14. The van der Waals surface area contributed by atoms with Gasteiger partial charge in [0.2, 0.25) is 0 Å². The lowest BCUT2D eigenvalue weighted by atomic mass is 9.83. The summed E-state index contributed by atoms with van der Waals surface area (Å²) < 4.78 is 32.5. The highest BCUT2D eigenvalue weighted by Gasteiger charge is 2.54. The zero-order valence-electron chi connectivity index (χ0n) is 24.5. The minimum Gasteiger partial charge on any atom is -0.493 e. The lowest BCUT2D eigenvalue weighted by Gasteiger charge is -2.48. The summed E-state index contributed by atoms with van der Waals surface area (Å²) in [5, 5.41) is 11.9. The van der Waals surface area contributed by atoms with Crippen molar-refractivity contribution in [3.63, 3.8) is 0 Å². The van der Waals surface area contributed by atoms with Gasteiger partial charge in [0, 0.05) is 0 Å². The Kier molecular flexibility index (Phi) is 11.5. The summed E-state index contributed by atoms with van der Waals surface area (Å²) in [5.74, 6) is 0. The summed E-state index contributed by atoms with van der Waals surface area (Å²) in [7, 11) is 0. The average molecular weight is 581 g/mol. The molecule has 6 heteroatoms. The SMILES string of the molecule is C/C=C/O[C@@H]1[C@@H](O)[C@@H](OCc2ccccc2)[C@@H](OCc2ccccc2)[C@H](OCc2ccccc2)[C@H]1OCc1ccccc1. The van der Waals surface area contributed by atoms with Gasteiger partial charge in [-0.1, -0.05) is 127 Å². The Morgan fingerprint density at radius 1 is 0.465 bits per heavy atom. The molecule has 4 aromatic rings. The number of aliphatic hydroxyl groups is 1. The van der Waals surface area contributed by atoms with Crippen LogP contribution < -0.4 is 0 Å². The first kappa shape index (κ1) is 30.7. The third kappa shape index (κ3) is 8.63. The summed E-state index contributed by atoms with van der Waals surface area (Å²) in [4.78, 5) is 0. The van der Waals surface area contributed by atoms with Crippen LogP contribution in [0.1, 0.15) is 29.2 Å². The van der Waals surface area contributed by atoms with Crippen molar-refractivity contribution in [3.8, 4) is 0 Å². The van der Waals surface area contributed by atoms with Crippen molar-refractivity contribution in [1.29, 1.82) is 0 Å². The van der Waals surface area contributed by atoms with Crippen LogP contribution in [0, 0.1) is 0 Å². The van der Waals surface area contributed by atoms with Crippen LogP contribution in [0.3, 0.4) is 0 Å². The standard InChI is InChI=1S/C37H40O6/c1-2-23-39-33-32(38)34(40-24-28-15-7-3-8-16-28)36(42-26-30-19-11-5-12-20-30)37(43-27-31-21-13-6-14-22-31)35(33)41-25-29-17-9-4-10-18-29/h2-23,32-38H,24-27H2,1H3/b23-2+/t32-,33-,34-,35+,36-,37-/m1/s1. The van der Waals surface area contributed by atoms with E-state index in [0.29, 0.717) is 26.4 Å². The van der Waals surface area contributed by atoms with Gasteiger partial charge in [-0.25, -0.2) is 0 Å². The molecule has 0 spiro atoms. The molecule has 0 unspecified atom stereocenters. The van der Waals surface area contributed by atoms with Crippen LogP contribution in [0.2, 0.25) is 0 Å². The second-order valence-electron chi connectivity index (χ2n) is 10.6. The number of hydrogen-bond donors (Lipinski definition) is 1. The van der Waals surface area contributed by atoms with E-state index in [-0.39, 0.29) is 0 Å². The highest BCUT2D eigenvalue weighted by molar-refractivity contribution is 5.17. The average Bonchev–Trinajstić information content (AvgIpc) is 3.06. The van der Waals surface area contributed by atoms with E-state index in [1.54, 1.807) is 12.3 Å². The zero-order valence-corrected chi connectivity index (χ0v) is 24.5. The van der Waals surface area contributed by atoms with Crippen LogP contribution in [-0.2, 0) is 50.1 Å². The second-order valence-corrected chi connectivity index (χ2v) is 10.6. The zero-order chi connectivity index (χ0) is 29.7. The van der Waals surface area contributed by atoms with E-state index >= 15 is 0 Å². The number of allylic oxidation sites excluding steroid dienone is 1. The second kappa shape index (κ2) is 16.2. The Balaban J connectivity index is 1.48. The number of ether oxygens (including phenoxy) is 5. The van der Waals surface area contributed by atoms with E-state index in [0.717, 1.165) is 22.3 Å². The van der Waals surface area contributed by atoms with Crippen LogP contribution in [0.15, 0.2) is 134 Å². The molecule has 6 nitrogen and oxygen atoms in total. The quantitative estimate of drug-likeness (QED) is 0.169. The van der Waals surface area contributed by atoms with Crippen LogP contribution in [-0.4, -0.2) is 41.7 Å². The van der Waals surface area contributed by atoms with Gasteiger partial charge in [-0.2, -0.15) is 0 Å². The number of aliphatic hydroxyl groups excluding tert-OH is 1. The predicted octanol–water partition coefficient (Wildman–Crippen LogP) is 6.62. The Morgan fingerprint density at radius 3 is 1.12 bits per heavy atom. The molecule has 5 rings (SSSR count). The fraction of sp³-hybridized carbons (Fsp3) is 0.297. The summed E-state index contributed by atoms with van der Waals surface area (Å²) in [6, 6.07) is 39.8. The maximum atomic E-state index is 11.9. The Bertz CT molecular complexity index is 1350. The van der Waals surface area contributed by atoms with Crippen LogP contribution in [0.4, 0.5) is 0 Å². The minimum absolute atomic E-state index is 0.297. The predicted molar refractivity (Wildman–Crippen MR) is 166 cm³/mol. The van der Waals surface area contributed by atoms with E-state index in [2.05, 4.69) is 0 Å². The van der Waals surface area contributed by atoms with Gasteiger partial charge in [0.1, 0.15) is 30.5 Å². The Labute approximate surface area is 254 Å². The van der Waals surface area contributed by atoms with Crippen molar-refractivity contribution in [2.75, 3.05) is 0 Å². The van der Waals surface area contributed by atoms with E-state index in [4.69, 9.17) is 23.7 Å². The van der Waals surface area contributed by atoms with Crippen LogP contribution in [0.25, 0.3) is 0 Å². The van der Waals surface area contributed by atoms with Gasteiger partial charge in [-0.3, -0.25) is 0 Å². The molecule has 1 saturated carbocycles. The summed E-state index contributed by atoms with van der Waals surface area (Å²) >= 11 is 0. The third-order valence-corrected chi connectivity index (χ3v) is 7.48. The maximum Gasteiger partial charge on any atom is 0.155 e. The molecule has 0 radical (unpaired) electrons. The van der Waals surface area contributed by atoms with Gasteiger partial charge in [0.25, 0.3) is 0 Å². The molecule has 1 aliphatic carbocycles. The lowest BCUT2D eigenvalue weighted by molar-refractivity contribution is -0.274. The van der Waals surface area contributed by atoms with Gasteiger partial charge in [0.05, 0.1) is 32.7 Å². The van der Waals surface area contributed by atoms with Gasteiger partial charge < -0.3 is 28.8 Å². The largest absolute Gasteiger partial charge is 0.493 e. The molecule has 43 heavy (non-hydrogen) atoms. The number of hydrogen-bond acceptors (Lipinski definition) is 6. The molecule has 0 aromatic heterocycles. The molecule has 1 fully saturated rings. The first-order chi connectivity index (χ1) is 21.2. The van der Waals surface area contributed by atoms with Crippen molar-refractivity contribution < 1.29 is 28.8 Å². The molecule has 224 valence electrons.